The molecule has 4 aromatic rings. The molecule has 1 amide bonds. The van der Waals surface area contributed by atoms with Crippen molar-refractivity contribution in [3.63, 3.8) is 0 Å². The Morgan fingerprint density at radius 1 is 1.06 bits per heavy atom. The summed E-state index contributed by atoms with van der Waals surface area (Å²) >= 11 is 7.48. The molecule has 2 heterocycles. The van der Waals surface area contributed by atoms with E-state index >= 15 is 0 Å². The van der Waals surface area contributed by atoms with E-state index in [1.807, 2.05) is 32.0 Å². The van der Waals surface area contributed by atoms with Gasteiger partial charge >= 0.3 is 5.97 Å². The molecule has 0 aliphatic carbocycles. The Kier molecular flexibility index (Phi) is 6.21. The highest BCUT2D eigenvalue weighted by molar-refractivity contribution is 7.21. The molecule has 0 aliphatic heterocycles. The molecule has 0 radical (unpaired) electrons. The molecule has 4 rings (SSSR count). The summed E-state index contributed by atoms with van der Waals surface area (Å²) in [4.78, 5) is 24.8. The number of thiophene rings is 1. The SMILES string of the molecule is COC(=O)c1sc2cc(NC(=O)c3ccc(COc4ccc(C)c(C)c4)o3)ccc2c1Cl. The minimum atomic E-state index is -0.493. The third kappa shape index (κ3) is 4.49. The van der Waals surface area contributed by atoms with E-state index in [2.05, 4.69) is 5.32 Å². The van der Waals surface area contributed by atoms with Gasteiger partial charge in [-0.05, 0) is 67.4 Å². The number of rotatable bonds is 6. The number of aryl methyl sites for hydroxylation is 2. The van der Waals surface area contributed by atoms with Gasteiger partial charge in [-0.3, -0.25) is 4.79 Å². The molecule has 8 heteroatoms. The van der Waals surface area contributed by atoms with E-state index in [1.54, 1.807) is 30.3 Å². The van der Waals surface area contributed by atoms with Gasteiger partial charge in [0, 0.05) is 15.8 Å². The average Bonchev–Trinajstić information content (AvgIpc) is 3.39. The van der Waals surface area contributed by atoms with E-state index in [0.717, 1.165) is 21.4 Å². The zero-order chi connectivity index (χ0) is 22.8. The van der Waals surface area contributed by atoms with Crippen molar-refractivity contribution in [2.24, 2.45) is 0 Å². The Bertz CT molecular complexity index is 1320. The number of carbonyl (C=O) groups is 2. The van der Waals surface area contributed by atoms with Crippen LogP contribution in [-0.2, 0) is 11.3 Å². The Hall–Kier alpha value is -3.29. The van der Waals surface area contributed by atoms with Crippen LogP contribution in [-0.4, -0.2) is 19.0 Å². The van der Waals surface area contributed by atoms with Crippen LogP contribution in [0.3, 0.4) is 0 Å². The van der Waals surface area contributed by atoms with Crippen molar-refractivity contribution in [2.45, 2.75) is 20.5 Å². The standard InChI is InChI=1S/C24H20ClNO5S/c1-13-4-6-16(10-14(13)2)30-12-17-7-9-19(31-17)23(27)26-15-5-8-18-20(11-15)32-22(21(18)25)24(28)29-3/h4-11H,12H2,1-3H3,(H,26,27). The molecule has 0 bridgehead atoms. The first-order valence-corrected chi connectivity index (χ1v) is 11.0. The van der Waals surface area contributed by atoms with Gasteiger partial charge in [-0.1, -0.05) is 17.7 Å². The number of furan rings is 1. The summed E-state index contributed by atoms with van der Waals surface area (Å²) in [6.45, 7) is 4.28. The average molecular weight is 470 g/mol. The van der Waals surface area contributed by atoms with Crippen LogP contribution in [0, 0.1) is 13.8 Å². The predicted molar refractivity (Wildman–Crippen MR) is 125 cm³/mol. The molecule has 2 aromatic heterocycles. The van der Waals surface area contributed by atoms with E-state index in [0.29, 0.717) is 21.3 Å². The van der Waals surface area contributed by atoms with Crippen molar-refractivity contribution < 1.29 is 23.5 Å². The zero-order valence-electron chi connectivity index (χ0n) is 17.7. The summed E-state index contributed by atoms with van der Waals surface area (Å²) in [5.41, 5.74) is 2.89. The number of carbonyl (C=O) groups excluding carboxylic acids is 2. The van der Waals surface area contributed by atoms with E-state index in [9.17, 15) is 9.59 Å². The van der Waals surface area contributed by atoms with Crippen molar-refractivity contribution in [3.05, 3.63) is 81.1 Å². The molecule has 164 valence electrons. The Balaban J connectivity index is 1.43. The summed E-state index contributed by atoms with van der Waals surface area (Å²) < 4.78 is 16.9. The largest absolute Gasteiger partial charge is 0.486 e. The van der Waals surface area contributed by atoms with Gasteiger partial charge in [0.25, 0.3) is 5.91 Å². The number of nitrogens with one attached hydrogen (secondary N) is 1. The summed E-state index contributed by atoms with van der Waals surface area (Å²) in [6.07, 6.45) is 0. The first-order chi connectivity index (χ1) is 15.4. The lowest BCUT2D eigenvalue weighted by molar-refractivity contribution is 0.0606. The Morgan fingerprint density at radius 2 is 1.88 bits per heavy atom. The fourth-order valence-corrected chi connectivity index (χ4v) is 4.56. The highest BCUT2D eigenvalue weighted by Gasteiger charge is 2.18. The number of esters is 1. The topological polar surface area (TPSA) is 77.8 Å². The number of hydrogen-bond acceptors (Lipinski definition) is 6. The maximum absolute atomic E-state index is 12.6. The highest BCUT2D eigenvalue weighted by atomic mass is 35.5. The van der Waals surface area contributed by atoms with Crippen molar-refractivity contribution in [3.8, 4) is 5.75 Å². The van der Waals surface area contributed by atoms with Crippen molar-refractivity contribution in [2.75, 3.05) is 12.4 Å². The minimum absolute atomic E-state index is 0.170. The molecule has 0 aliphatic rings. The van der Waals surface area contributed by atoms with Gasteiger partial charge in [-0.25, -0.2) is 4.79 Å². The highest BCUT2D eigenvalue weighted by Crippen LogP contribution is 2.37. The van der Waals surface area contributed by atoms with Gasteiger partial charge in [0.2, 0.25) is 0 Å². The number of hydrogen-bond donors (Lipinski definition) is 1. The maximum Gasteiger partial charge on any atom is 0.349 e. The van der Waals surface area contributed by atoms with Crippen molar-refractivity contribution in [1.82, 2.24) is 0 Å². The van der Waals surface area contributed by atoms with Crippen LogP contribution in [0.25, 0.3) is 10.1 Å². The second-order valence-electron chi connectivity index (χ2n) is 7.20. The van der Waals surface area contributed by atoms with Crippen molar-refractivity contribution >= 4 is 50.6 Å². The van der Waals surface area contributed by atoms with Crippen LogP contribution in [0.5, 0.6) is 5.75 Å². The molecule has 0 atom stereocenters. The molecular formula is C24H20ClNO5S. The van der Waals surface area contributed by atoms with Crippen LogP contribution in [0.4, 0.5) is 5.69 Å². The van der Waals surface area contributed by atoms with Crippen LogP contribution >= 0.6 is 22.9 Å². The number of methoxy groups -OCH3 is 1. The van der Waals surface area contributed by atoms with Crippen molar-refractivity contribution in [1.29, 1.82) is 0 Å². The minimum Gasteiger partial charge on any atom is -0.486 e. The second-order valence-corrected chi connectivity index (χ2v) is 8.63. The lowest BCUT2D eigenvalue weighted by Crippen LogP contribution is -2.10. The van der Waals surface area contributed by atoms with E-state index in [1.165, 1.54) is 24.0 Å². The summed E-state index contributed by atoms with van der Waals surface area (Å²) in [5, 5.41) is 3.86. The molecule has 0 saturated carbocycles. The molecule has 1 N–H and O–H groups in total. The first-order valence-electron chi connectivity index (χ1n) is 9.76. The van der Waals surface area contributed by atoms with Gasteiger partial charge in [-0.2, -0.15) is 0 Å². The normalized spacial score (nSPS) is 10.9. The van der Waals surface area contributed by atoms with Crippen LogP contribution in [0.2, 0.25) is 5.02 Å². The van der Waals surface area contributed by atoms with Gasteiger partial charge in [0.1, 0.15) is 23.0 Å². The van der Waals surface area contributed by atoms with Gasteiger partial charge < -0.3 is 19.2 Å². The number of ether oxygens (including phenoxy) is 2. The molecule has 0 saturated heterocycles. The molecular weight excluding hydrogens is 450 g/mol. The summed E-state index contributed by atoms with van der Waals surface area (Å²) in [5.74, 6) is 0.565. The molecule has 0 unspecified atom stereocenters. The van der Waals surface area contributed by atoms with E-state index in [4.69, 9.17) is 25.5 Å². The predicted octanol–water partition coefficient (Wildman–Crippen LogP) is 6.38. The molecule has 2 aromatic carbocycles. The lowest BCUT2D eigenvalue weighted by Gasteiger charge is -2.07. The first kappa shape index (κ1) is 21.9. The number of anilines is 1. The smallest absolute Gasteiger partial charge is 0.349 e. The number of benzene rings is 2. The molecule has 0 spiro atoms. The third-order valence-corrected chi connectivity index (χ3v) is 6.64. The van der Waals surface area contributed by atoms with E-state index in [-0.39, 0.29) is 12.4 Å². The van der Waals surface area contributed by atoms with Crippen LogP contribution < -0.4 is 10.1 Å². The molecule has 6 nitrogen and oxygen atoms in total. The molecule has 0 fully saturated rings. The fraction of sp³-hybridized carbons (Fsp3) is 0.167. The lowest BCUT2D eigenvalue weighted by atomic mass is 10.1. The number of amides is 1. The third-order valence-electron chi connectivity index (χ3n) is 5.00. The Labute approximate surface area is 193 Å². The van der Waals surface area contributed by atoms with Gasteiger partial charge in [0.15, 0.2) is 5.76 Å². The number of halogens is 1. The summed E-state index contributed by atoms with van der Waals surface area (Å²) in [7, 11) is 1.30. The zero-order valence-corrected chi connectivity index (χ0v) is 19.2. The van der Waals surface area contributed by atoms with Crippen LogP contribution in [0.15, 0.2) is 52.9 Å². The summed E-state index contributed by atoms with van der Waals surface area (Å²) in [6, 6.07) is 14.4. The second kappa shape index (κ2) is 9.06. The Morgan fingerprint density at radius 3 is 2.62 bits per heavy atom. The maximum atomic E-state index is 12.6. The van der Waals surface area contributed by atoms with Gasteiger partial charge in [0.05, 0.1) is 12.1 Å². The molecule has 32 heavy (non-hydrogen) atoms. The monoisotopic (exact) mass is 469 g/mol. The van der Waals surface area contributed by atoms with Gasteiger partial charge in [-0.15, -0.1) is 11.3 Å². The quantitative estimate of drug-likeness (QED) is 0.331. The van der Waals surface area contributed by atoms with Crippen LogP contribution in [0.1, 0.15) is 37.1 Å². The van der Waals surface area contributed by atoms with E-state index < -0.39 is 11.9 Å². The number of fused-ring (bicyclic) bond motifs is 1. The fourth-order valence-electron chi connectivity index (χ4n) is 3.10.